The molecule has 3 heteroatoms. The number of nitrogens with two attached hydrogens (primary N) is 1. The Morgan fingerprint density at radius 1 is 1.28 bits per heavy atom. The second-order valence-corrected chi connectivity index (χ2v) is 5.12. The zero-order valence-corrected chi connectivity index (χ0v) is 11.0. The van der Waals surface area contributed by atoms with Crippen LogP contribution in [0.2, 0.25) is 0 Å². The van der Waals surface area contributed by atoms with E-state index in [2.05, 4.69) is 29.7 Å². The Hall–Kier alpha value is -0.900. The summed E-state index contributed by atoms with van der Waals surface area (Å²) in [6.07, 6.45) is 7.37. The Morgan fingerprint density at radius 3 is 2.78 bits per heavy atom. The van der Waals surface area contributed by atoms with Crippen LogP contribution >= 0.6 is 0 Å². The van der Waals surface area contributed by atoms with E-state index in [0.717, 1.165) is 25.9 Å². The van der Waals surface area contributed by atoms with Crippen molar-refractivity contribution in [1.29, 1.82) is 0 Å². The fourth-order valence-corrected chi connectivity index (χ4v) is 2.57. The minimum Gasteiger partial charge on any atom is -0.378 e. The van der Waals surface area contributed by atoms with Gasteiger partial charge in [0.25, 0.3) is 0 Å². The van der Waals surface area contributed by atoms with E-state index in [-0.39, 0.29) is 0 Å². The predicted octanol–water partition coefficient (Wildman–Crippen LogP) is 2.41. The van der Waals surface area contributed by atoms with Crippen LogP contribution in [0.25, 0.3) is 0 Å². The van der Waals surface area contributed by atoms with E-state index in [1.54, 1.807) is 0 Å². The largest absolute Gasteiger partial charge is 0.378 e. The summed E-state index contributed by atoms with van der Waals surface area (Å²) in [7, 11) is 0. The fourth-order valence-electron chi connectivity index (χ4n) is 2.57. The summed E-state index contributed by atoms with van der Waals surface area (Å²) in [5.74, 6) is 5.65. The maximum Gasteiger partial charge on any atom is 0.0575 e. The monoisotopic (exact) mass is 248 g/mol. The Labute approximate surface area is 110 Å². The highest BCUT2D eigenvalue weighted by Crippen LogP contribution is 2.18. The van der Waals surface area contributed by atoms with Crippen LogP contribution in [-0.2, 0) is 11.2 Å². The number of ether oxygens (including phenoxy) is 1. The zero-order valence-electron chi connectivity index (χ0n) is 11.0. The van der Waals surface area contributed by atoms with Gasteiger partial charge in [-0.15, -0.1) is 0 Å². The van der Waals surface area contributed by atoms with Gasteiger partial charge in [0.05, 0.1) is 6.10 Å². The molecule has 0 spiro atoms. The van der Waals surface area contributed by atoms with Crippen LogP contribution in [0, 0.1) is 0 Å². The van der Waals surface area contributed by atoms with Gasteiger partial charge in [-0.25, -0.2) is 0 Å². The number of benzene rings is 1. The summed E-state index contributed by atoms with van der Waals surface area (Å²) in [6, 6.07) is 10.9. The van der Waals surface area contributed by atoms with Crippen molar-refractivity contribution in [2.24, 2.45) is 5.84 Å². The van der Waals surface area contributed by atoms with Gasteiger partial charge in [0.2, 0.25) is 0 Å². The third kappa shape index (κ3) is 4.41. The minimum absolute atomic E-state index is 0.345. The Bertz CT molecular complexity index is 323. The summed E-state index contributed by atoms with van der Waals surface area (Å²) < 4.78 is 5.75. The Kier molecular flexibility index (Phi) is 5.65. The highest BCUT2D eigenvalue weighted by atomic mass is 16.5. The third-order valence-electron chi connectivity index (χ3n) is 3.67. The van der Waals surface area contributed by atoms with E-state index in [9.17, 15) is 0 Å². The van der Waals surface area contributed by atoms with Crippen LogP contribution in [0.15, 0.2) is 30.3 Å². The van der Waals surface area contributed by atoms with Crippen LogP contribution in [0.4, 0.5) is 0 Å². The number of hydrogen-bond acceptors (Lipinski definition) is 3. The normalized spacial score (nSPS) is 21.7. The predicted molar refractivity (Wildman–Crippen MR) is 74.1 cm³/mol. The van der Waals surface area contributed by atoms with Crippen molar-refractivity contribution in [3.8, 4) is 0 Å². The molecule has 2 unspecified atom stereocenters. The molecule has 100 valence electrons. The molecule has 2 rings (SSSR count). The van der Waals surface area contributed by atoms with Gasteiger partial charge in [0.1, 0.15) is 0 Å². The second kappa shape index (κ2) is 7.52. The fraction of sp³-hybridized carbons (Fsp3) is 0.600. The summed E-state index contributed by atoms with van der Waals surface area (Å²) in [5, 5.41) is 0. The maximum absolute atomic E-state index is 5.75. The minimum atomic E-state index is 0.345. The van der Waals surface area contributed by atoms with E-state index < -0.39 is 0 Å². The van der Waals surface area contributed by atoms with E-state index in [0.29, 0.717) is 12.1 Å². The van der Waals surface area contributed by atoms with Crippen LogP contribution in [0.1, 0.15) is 37.7 Å². The first-order valence-electron chi connectivity index (χ1n) is 7.00. The van der Waals surface area contributed by atoms with Crippen LogP contribution in [-0.4, -0.2) is 18.8 Å². The summed E-state index contributed by atoms with van der Waals surface area (Å²) >= 11 is 0. The number of nitrogens with one attached hydrogen (secondary N) is 1. The Morgan fingerprint density at radius 2 is 2.11 bits per heavy atom. The number of hydrazine groups is 1. The molecule has 1 aromatic rings. The molecule has 1 fully saturated rings. The molecule has 0 radical (unpaired) electrons. The van der Waals surface area contributed by atoms with Gasteiger partial charge in [0.15, 0.2) is 0 Å². The van der Waals surface area contributed by atoms with Crippen LogP contribution in [0.3, 0.4) is 0 Å². The molecule has 1 aliphatic rings. The molecule has 1 heterocycles. The molecule has 0 saturated carbocycles. The molecule has 0 amide bonds. The SMILES string of the molecule is NNC(CCC1CCCCO1)Cc1ccccc1. The van der Waals surface area contributed by atoms with Crippen molar-refractivity contribution in [2.45, 2.75) is 50.7 Å². The van der Waals surface area contributed by atoms with Crippen molar-refractivity contribution in [1.82, 2.24) is 5.43 Å². The molecule has 1 aromatic carbocycles. The van der Waals surface area contributed by atoms with Gasteiger partial charge in [0, 0.05) is 12.6 Å². The molecule has 3 N–H and O–H groups in total. The van der Waals surface area contributed by atoms with Crippen LogP contribution in [0.5, 0.6) is 0 Å². The van der Waals surface area contributed by atoms with Gasteiger partial charge >= 0.3 is 0 Å². The molecular weight excluding hydrogens is 224 g/mol. The van der Waals surface area contributed by atoms with E-state index in [1.165, 1.54) is 24.8 Å². The molecule has 1 saturated heterocycles. The van der Waals surface area contributed by atoms with E-state index >= 15 is 0 Å². The lowest BCUT2D eigenvalue weighted by atomic mass is 9.98. The van der Waals surface area contributed by atoms with Gasteiger partial charge < -0.3 is 4.74 Å². The number of rotatable bonds is 6. The van der Waals surface area contributed by atoms with Crippen LogP contribution < -0.4 is 11.3 Å². The lowest BCUT2D eigenvalue weighted by molar-refractivity contribution is 0.00858. The van der Waals surface area contributed by atoms with Gasteiger partial charge in [-0.3, -0.25) is 11.3 Å². The molecular formula is C15H24N2O. The highest BCUT2D eigenvalue weighted by Gasteiger charge is 2.16. The standard InChI is InChI=1S/C15H24N2O/c16-17-14(12-13-6-2-1-3-7-13)9-10-15-8-4-5-11-18-15/h1-3,6-7,14-15,17H,4-5,8-12,16H2. The molecule has 0 bridgehead atoms. The topological polar surface area (TPSA) is 47.3 Å². The van der Waals surface area contributed by atoms with Gasteiger partial charge in [-0.2, -0.15) is 0 Å². The lowest BCUT2D eigenvalue weighted by Crippen LogP contribution is -2.37. The van der Waals surface area contributed by atoms with Crippen molar-refractivity contribution in [2.75, 3.05) is 6.61 Å². The number of hydrogen-bond donors (Lipinski definition) is 2. The van der Waals surface area contributed by atoms with E-state index in [1.807, 2.05) is 6.07 Å². The van der Waals surface area contributed by atoms with Gasteiger partial charge in [-0.1, -0.05) is 30.3 Å². The average Bonchev–Trinajstić information content (AvgIpc) is 2.45. The first kappa shape index (κ1) is 13.5. The van der Waals surface area contributed by atoms with Crippen molar-refractivity contribution in [3.63, 3.8) is 0 Å². The summed E-state index contributed by atoms with van der Waals surface area (Å²) in [5.41, 5.74) is 4.27. The summed E-state index contributed by atoms with van der Waals surface area (Å²) in [4.78, 5) is 0. The quantitative estimate of drug-likeness (QED) is 0.600. The Balaban J connectivity index is 1.75. The first-order valence-corrected chi connectivity index (χ1v) is 7.00. The average molecular weight is 248 g/mol. The van der Waals surface area contributed by atoms with Crippen molar-refractivity contribution in [3.05, 3.63) is 35.9 Å². The van der Waals surface area contributed by atoms with Crippen molar-refractivity contribution >= 4 is 0 Å². The third-order valence-corrected chi connectivity index (χ3v) is 3.67. The molecule has 18 heavy (non-hydrogen) atoms. The molecule has 0 aliphatic carbocycles. The maximum atomic E-state index is 5.75. The van der Waals surface area contributed by atoms with E-state index in [4.69, 9.17) is 10.6 Å². The molecule has 1 aliphatic heterocycles. The van der Waals surface area contributed by atoms with Gasteiger partial charge in [-0.05, 0) is 44.1 Å². The molecule has 3 nitrogen and oxygen atoms in total. The molecule has 0 aromatic heterocycles. The highest BCUT2D eigenvalue weighted by molar-refractivity contribution is 5.15. The second-order valence-electron chi connectivity index (χ2n) is 5.12. The zero-order chi connectivity index (χ0) is 12.6. The first-order chi connectivity index (χ1) is 8.88. The molecule has 2 atom stereocenters. The smallest absolute Gasteiger partial charge is 0.0575 e. The lowest BCUT2D eigenvalue weighted by Gasteiger charge is -2.24. The van der Waals surface area contributed by atoms with Crippen molar-refractivity contribution < 1.29 is 4.74 Å². The summed E-state index contributed by atoms with van der Waals surface area (Å²) in [6.45, 7) is 0.935.